The third-order valence-electron chi connectivity index (χ3n) is 5.55. The molecular formula is C20H30FN3O2. The van der Waals surface area contributed by atoms with Gasteiger partial charge >= 0.3 is 6.03 Å². The minimum atomic E-state index is -0.261. The number of carbonyl (C=O) groups excluding carboxylic acids is 1. The first-order valence-electron chi connectivity index (χ1n) is 9.78. The number of hydrogen-bond donors (Lipinski definition) is 1. The van der Waals surface area contributed by atoms with Crippen LogP contribution in [0.2, 0.25) is 0 Å². The number of halogens is 1. The lowest BCUT2D eigenvalue weighted by Crippen LogP contribution is -2.51. The van der Waals surface area contributed by atoms with Gasteiger partial charge in [-0.05, 0) is 38.7 Å². The second-order valence-electron chi connectivity index (χ2n) is 7.21. The van der Waals surface area contributed by atoms with Gasteiger partial charge in [-0.15, -0.1) is 0 Å². The Hall–Kier alpha value is -1.66. The number of hydrogen-bond acceptors (Lipinski definition) is 3. The zero-order chi connectivity index (χ0) is 18.4. The molecule has 2 amide bonds. The zero-order valence-electron chi connectivity index (χ0n) is 15.6. The number of ether oxygens (including phenoxy) is 1. The Morgan fingerprint density at radius 1 is 1.23 bits per heavy atom. The highest BCUT2D eigenvalue weighted by atomic mass is 19.1. The van der Waals surface area contributed by atoms with E-state index in [1.165, 1.54) is 6.07 Å². The van der Waals surface area contributed by atoms with E-state index in [0.29, 0.717) is 24.7 Å². The number of carbonyl (C=O) groups is 1. The highest BCUT2D eigenvalue weighted by molar-refractivity contribution is 5.74. The summed E-state index contributed by atoms with van der Waals surface area (Å²) >= 11 is 0. The lowest BCUT2D eigenvalue weighted by atomic mass is 10.00. The van der Waals surface area contributed by atoms with Crippen molar-refractivity contribution in [1.29, 1.82) is 0 Å². The van der Waals surface area contributed by atoms with Crippen LogP contribution in [0.15, 0.2) is 24.3 Å². The van der Waals surface area contributed by atoms with Crippen LogP contribution in [-0.2, 0) is 11.3 Å². The lowest BCUT2D eigenvalue weighted by Gasteiger charge is -2.39. The molecule has 0 atom stereocenters. The Labute approximate surface area is 155 Å². The van der Waals surface area contributed by atoms with Gasteiger partial charge in [-0.3, -0.25) is 0 Å². The van der Waals surface area contributed by atoms with Gasteiger partial charge in [0.25, 0.3) is 0 Å². The molecule has 1 aromatic carbocycles. The van der Waals surface area contributed by atoms with Gasteiger partial charge < -0.3 is 19.9 Å². The third-order valence-corrected chi connectivity index (χ3v) is 5.55. The molecule has 2 fully saturated rings. The maximum atomic E-state index is 13.9. The van der Waals surface area contributed by atoms with Gasteiger partial charge in [-0.1, -0.05) is 18.2 Å². The molecule has 6 heteroatoms. The van der Waals surface area contributed by atoms with Crippen LogP contribution in [0.4, 0.5) is 9.18 Å². The predicted molar refractivity (Wildman–Crippen MR) is 99.5 cm³/mol. The molecule has 2 aliphatic rings. The largest absolute Gasteiger partial charge is 0.381 e. The molecule has 1 aromatic rings. The highest BCUT2D eigenvalue weighted by Crippen LogP contribution is 2.20. The van der Waals surface area contributed by atoms with Crippen molar-refractivity contribution in [3.8, 4) is 0 Å². The first-order valence-corrected chi connectivity index (χ1v) is 9.78. The van der Waals surface area contributed by atoms with Crippen LogP contribution >= 0.6 is 0 Å². The number of rotatable bonds is 5. The summed E-state index contributed by atoms with van der Waals surface area (Å²) < 4.78 is 19.3. The Kier molecular flexibility index (Phi) is 6.86. The fraction of sp³-hybridized carbons (Fsp3) is 0.650. The average Bonchev–Trinajstić information content (AvgIpc) is 2.68. The summed E-state index contributed by atoms with van der Waals surface area (Å²) in [6.45, 7) is 6.56. The molecule has 26 heavy (non-hydrogen) atoms. The van der Waals surface area contributed by atoms with Crippen molar-refractivity contribution in [3.63, 3.8) is 0 Å². The molecule has 3 rings (SSSR count). The average molecular weight is 363 g/mol. The van der Waals surface area contributed by atoms with Crippen molar-refractivity contribution in [1.82, 2.24) is 15.1 Å². The number of amides is 2. The van der Waals surface area contributed by atoms with Gasteiger partial charge in [-0.2, -0.15) is 0 Å². The molecular weight excluding hydrogens is 333 g/mol. The Morgan fingerprint density at radius 2 is 1.92 bits per heavy atom. The first kappa shape index (κ1) is 19.1. The van der Waals surface area contributed by atoms with E-state index >= 15 is 0 Å². The van der Waals surface area contributed by atoms with E-state index in [0.717, 1.165) is 52.0 Å². The summed E-state index contributed by atoms with van der Waals surface area (Å²) in [4.78, 5) is 16.8. The number of piperidine rings is 1. The van der Waals surface area contributed by atoms with Crippen LogP contribution in [0.1, 0.15) is 38.2 Å². The van der Waals surface area contributed by atoms with Gasteiger partial charge in [0.15, 0.2) is 0 Å². The topological polar surface area (TPSA) is 44.8 Å². The molecule has 2 aliphatic heterocycles. The molecule has 0 bridgehead atoms. The molecule has 2 heterocycles. The fourth-order valence-corrected chi connectivity index (χ4v) is 3.88. The number of nitrogens with zero attached hydrogens (tertiary/aromatic N) is 2. The van der Waals surface area contributed by atoms with Crippen LogP contribution in [0, 0.1) is 5.82 Å². The molecule has 0 aliphatic carbocycles. The van der Waals surface area contributed by atoms with Crippen molar-refractivity contribution in [2.45, 2.75) is 51.2 Å². The maximum absolute atomic E-state index is 13.9. The Balaban J connectivity index is 1.47. The van der Waals surface area contributed by atoms with Crippen LogP contribution in [0.3, 0.4) is 0 Å². The summed E-state index contributed by atoms with van der Waals surface area (Å²) in [5, 5.41) is 3.15. The standard InChI is InChI=1S/C20H30FN3O2/c1-2-23(15-16-5-3-4-6-19(16)21)20(25)22-17-7-11-24(12-8-17)18-9-13-26-14-10-18/h3-6,17-18H,2,7-15H2,1H3,(H,22,25). The lowest BCUT2D eigenvalue weighted by molar-refractivity contribution is 0.0241. The van der Waals surface area contributed by atoms with Gasteiger partial charge in [0.2, 0.25) is 0 Å². The molecule has 0 spiro atoms. The van der Waals surface area contributed by atoms with E-state index in [-0.39, 0.29) is 17.9 Å². The smallest absolute Gasteiger partial charge is 0.317 e. The van der Waals surface area contributed by atoms with Crippen LogP contribution in [-0.4, -0.2) is 60.8 Å². The van der Waals surface area contributed by atoms with Crippen LogP contribution in [0.25, 0.3) is 0 Å². The SMILES string of the molecule is CCN(Cc1ccccc1F)C(=O)NC1CCN(C2CCOCC2)CC1. The fourth-order valence-electron chi connectivity index (χ4n) is 3.88. The number of benzene rings is 1. The summed E-state index contributed by atoms with van der Waals surface area (Å²) in [6, 6.07) is 7.38. The predicted octanol–water partition coefficient (Wildman–Crippen LogP) is 3.00. The third kappa shape index (κ3) is 4.95. The van der Waals surface area contributed by atoms with Crippen molar-refractivity contribution in [2.24, 2.45) is 0 Å². The molecule has 0 radical (unpaired) electrons. The minimum absolute atomic E-state index is 0.0970. The Morgan fingerprint density at radius 3 is 2.58 bits per heavy atom. The quantitative estimate of drug-likeness (QED) is 0.875. The van der Waals surface area contributed by atoms with Crippen LogP contribution < -0.4 is 5.32 Å². The maximum Gasteiger partial charge on any atom is 0.317 e. The molecule has 0 saturated carbocycles. The second kappa shape index (κ2) is 9.33. The number of urea groups is 1. The van der Waals surface area contributed by atoms with Crippen molar-refractivity contribution < 1.29 is 13.9 Å². The normalized spacial score (nSPS) is 20.1. The molecule has 5 nitrogen and oxygen atoms in total. The zero-order valence-corrected chi connectivity index (χ0v) is 15.6. The minimum Gasteiger partial charge on any atom is -0.381 e. The molecule has 1 N–H and O–H groups in total. The van der Waals surface area contributed by atoms with Crippen molar-refractivity contribution >= 4 is 6.03 Å². The second-order valence-corrected chi connectivity index (χ2v) is 7.21. The molecule has 144 valence electrons. The Bertz CT molecular complexity index is 584. The monoisotopic (exact) mass is 363 g/mol. The van der Waals surface area contributed by atoms with Gasteiger partial charge in [-0.25, -0.2) is 9.18 Å². The van der Waals surface area contributed by atoms with Gasteiger partial charge in [0, 0.05) is 50.5 Å². The highest BCUT2D eigenvalue weighted by Gasteiger charge is 2.27. The molecule has 2 saturated heterocycles. The van der Waals surface area contributed by atoms with E-state index in [1.54, 1.807) is 23.1 Å². The van der Waals surface area contributed by atoms with Gasteiger partial charge in [0.05, 0.1) is 6.54 Å². The number of likely N-dealkylation sites (tertiary alicyclic amines) is 1. The van der Waals surface area contributed by atoms with Gasteiger partial charge in [0.1, 0.15) is 5.82 Å². The first-order chi connectivity index (χ1) is 12.7. The van der Waals surface area contributed by atoms with E-state index in [4.69, 9.17) is 4.74 Å². The summed E-state index contributed by atoms with van der Waals surface area (Å²) in [5.74, 6) is -0.261. The molecule has 0 unspecified atom stereocenters. The molecule has 0 aromatic heterocycles. The summed E-state index contributed by atoms with van der Waals surface area (Å²) in [6.07, 6.45) is 4.17. The van der Waals surface area contributed by atoms with E-state index in [9.17, 15) is 9.18 Å². The number of nitrogens with one attached hydrogen (secondary N) is 1. The van der Waals surface area contributed by atoms with E-state index in [2.05, 4.69) is 10.2 Å². The summed E-state index contributed by atoms with van der Waals surface area (Å²) in [5.41, 5.74) is 0.554. The van der Waals surface area contributed by atoms with Crippen molar-refractivity contribution in [3.05, 3.63) is 35.6 Å². The van der Waals surface area contributed by atoms with Crippen molar-refractivity contribution in [2.75, 3.05) is 32.8 Å². The van der Waals surface area contributed by atoms with E-state index < -0.39 is 0 Å². The van der Waals surface area contributed by atoms with E-state index in [1.807, 2.05) is 6.92 Å². The summed E-state index contributed by atoms with van der Waals surface area (Å²) in [7, 11) is 0. The van der Waals surface area contributed by atoms with Crippen LogP contribution in [0.5, 0.6) is 0 Å².